The van der Waals surface area contributed by atoms with E-state index in [0.29, 0.717) is 39.2 Å². The van der Waals surface area contributed by atoms with Crippen LogP contribution in [0, 0.1) is 5.92 Å². The number of carbonyl (C=O) groups excluding carboxylic acids is 2. The van der Waals surface area contributed by atoms with Crippen molar-refractivity contribution >= 4 is 11.8 Å². The predicted octanol–water partition coefficient (Wildman–Crippen LogP) is 2.65. The molecular weight excluding hydrogens is 418 g/mol. The van der Waals surface area contributed by atoms with Gasteiger partial charge < -0.3 is 15.0 Å². The summed E-state index contributed by atoms with van der Waals surface area (Å²) in [6.07, 6.45) is 5.14. The first-order valence-corrected chi connectivity index (χ1v) is 11.3. The minimum atomic E-state index is -0.177. The highest BCUT2D eigenvalue weighted by molar-refractivity contribution is 5.81. The Hall–Kier alpha value is -3.68. The van der Waals surface area contributed by atoms with Crippen LogP contribution in [0.2, 0.25) is 0 Å². The lowest BCUT2D eigenvalue weighted by Crippen LogP contribution is -2.45. The van der Waals surface area contributed by atoms with Gasteiger partial charge in [0, 0.05) is 19.6 Å². The van der Waals surface area contributed by atoms with Crippen LogP contribution in [-0.2, 0) is 22.7 Å². The minimum Gasteiger partial charge on any atom is -0.493 e. The molecule has 0 bridgehead atoms. The van der Waals surface area contributed by atoms with Crippen molar-refractivity contribution in [2.24, 2.45) is 5.92 Å². The second kappa shape index (κ2) is 11.3. The van der Waals surface area contributed by atoms with Crippen LogP contribution in [0.15, 0.2) is 67.3 Å². The Morgan fingerprint density at radius 2 is 1.85 bits per heavy atom. The SMILES string of the molecule is O=C(NCc1ccc(Cn2cncn2)cc1)C1CCCN(C(=O)CCOc2ccccc2)C1. The molecule has 0 aliphatic carbocycles. The van der Waals surface area contributed by atoms with Crippen molar-refractivity contribution in [2.45, 2.75) is 32.4 Å². The van der Waals surface area contributed by atoms with Crippen LogP contribution in [0.1, 0.15) is 30.4 Å². The molecule has 0 spiro atoms. The third-order valence-corrected chi connectivity index (χ3v) is 5.77. The molecule has 2 amide bonds. The smallest absolute Gasteiger partial charge is 0.226 e. The van der Waals surface area contributed by atoms with Gasteiger partial charge in [-0.15, -0.1) is 0 Å². The summed E-state index contributed by atoms with van der Waals surface area (Å²) in [5.74, 6) is 0.614. The summed E-state index contributed by atoms with van der Waals surface area (Å²) in [5, 5.41) is 7.14. The zero-order chi connectivity index (χ0) is 22.9. The van der Waals surface area contributed by atoms with Crippen LogP contribution in [0.25, 0.3) is 0 Å². The molecule has 1 N–H and O–H groups in total. The van der Waals surface area contributed by atoms with Gasteiger partial charge in [-0.2, -0.15) is 5.10 Å². The van der Waals surface area contributed by atoms with Gasteiger partial charge in [-0.05, 0) is 36.1 Å². The van der Waals surface area contributed by atoms with Crippen molar-refractivity contribution in [3.05, 3.63) is 78.4 Å². The van der Waals surface area contributed by atoms with Crippen LogP contribution >= 0.6 is 0 Å². The molecule has 0 saturated carbocycles. The zero-order valence-corrected chi connectivity index (χ0v) is 18.6. The molecule has 1 aliphatic heterocycles. The zero-order valence-electron chi connectivity index (χ0n) is 18.6. The summed E-state index contributed by atoms with van der Waals surface area (Å²) in [4.78, 5) is 31.0. The standard InChI is InChI=1S/C25H29N5O3/c31-24(12-14-33-23-6-2-1-3-7-23)29-13-4-5-22(17-29)25(32)27-15-20-8-10-21(11-9-20)16-30-19-26-18-28-30/h1-3,6-11,18-19,22H,4-5,12-17H2,(H,27,32). The maximum atomic E-state index is 12.7. The van der Waals surface area contributed by atoms with Crippen molar-refractivity contribution < 1.29 is 14.3 Å². The molecule has 1 saturated heterocycles. The first kappa shape index (κ1) is 22.5. The Bertz CT molecular complexity index is 1020. The highest BCUT2D eigenvalue weighted by Gasteiger charge is 2.28. The lowest BCUT2D eigenvalue weighted by atomic mass is 9.96. The van der Waals surface area contributed by atoms with Crippen molar-refractivity contribution in [2.75, 3.05) is 19.7 Å². The Morgan fingerprint density at radius 1 is 1.06 bits per heavy atom. The summed E-state index contributed by atoms with van der Waals surface area (Å²) >= 11 is 0. The maximum Gasteiger partial charge on any atom is 0.226 e. The summed E-state index contributed by atoms with van der Waals surface area (Å²) in [7, 11) is 0. The fourth-order valence-corrected chi connectivity index (χ4v) is 3.95. The molecule has 172 valence electrons. The van der Waals surface area contributed by atoms with Crippen molar-refractivity contribution in [3.8, 4) is 5.75 Å². The van der Waals surface area contributed by atoms with E-state index in [0.717, 1.165) is 29.7 Å². The third-order valence-electron chi connectivity index (χ3n) is 5.77. The van der Waals surface area contributed by atoms with E-state index in [4.69, 9.17) is 4.74 Å². The normalized spacial score (nSPS) is 15.8. The van der Waals surface area contributed by atoms with Crippen molar-refractivity contribution in [1.82, 2.24) is 25.0 Å². The van der Waals surface area contributed by atoms with E-state index in [1.54, 1.807) is 15.9 Å². The molecule has 1 atom stereocenters. The number of benzene rings is 2. The second-order valence-corrected chi connectivity index (χ2v) is 8.22. The quantitative estimate of drug-likeness (QED) is 0.545. The largest absolute Gasteiger partial charge is 0.493 e. The molecule has 2 heterocycles. The van der Waals surface area contributed by atoms with Gasteiger partial charge in [-0.1, -0.05) is 42.5 Å². The van der Waals surface area contributed by atoms with E-state index >= 15 is 0 Å². The van der Waals surface area contributed by atoms with Crippen LogP contribution < -0.4 is 10.1 Å². The number of para-hydroxylation sites is 1. The summed E-state index contributed by atoms with van der Waals surface area (Å²) in [6.45, 7) is 2.63. The number of hydrogen-bond acceptors (Lipinski definition) is 5. The average Bonchev–Trinajstić information content (AvgIpc) is 3.37. The van der Waals surface area contributed by atoms with Crippen LogP contribution in [0.5, 0.6) is 5.75 Å². The Balaban J connectivity index is 1.20. The average molecular weight is 448 g/mol. The number of amides is 2. The van der Waals surface area contributed by atoms with Crippen molar-refractivity contribution in [1.29, 1.82) is 0 Å². The Morgan fingerprint density at radius 3 is 2.61 bits per heavy atom. The molecule has 8 heteroatoms. The molecule has 2 aromatic carbocycles. The topological polar surface area (TPSA) is 89.4 Å². The van der Waals surface area contributed by atoms with Gasteiger partial charge in [0.15, 0.2) is 0 Å². The fourth-order valence-electron chi connectivity index (χ4n) is 3.95. The number of piperidine rings is 1. The number of aromatic nitrogens is 3. The van der Waals surface area contributed by atoms with E-state index in [1.165, 1.54) is 6.33 Å². The van der Waals surface area contributed by atoms with Gasteiger partial charge in [-0.25, -0.2) is 9.67 Å². The first-order valence-electron chi connectivity index (χ1n) is 11.3. The summed E-state index contributed by atoms with van der Waals surface area (Å²) < 4.78 is 7.40. The molecule has 0 radical (unpaired) electrons. The second-order valence-electron chi connectivity index (χ2n) is 8.22. The van der Waals surface area contributed by atoms with Gasteiger partial charge >= 0.3 is 0 Å². The van der Waals surface area contributed by atoms with E-state index in [9.17, 15) is 9.59 Å². The summed E-state index contributed by atoms with van der Waals surface area (Å²) in [5.41, 5.74) is 2.15. The van der Waals surface area contributed by atoms with Crippen LogP contribution in [0.4, 0.5) is 0 Å². The number of ether oxygens (including phenoxy) is 1. The van der Waals surface area contributed by atoms with Gasteiger partial charge in [0.2, 0.25) is 11.8 Å². The van der Waals surface area contributed by atoms with Crippen molar-refractivity contribution in [3.63, 3.8) is 0 Å². The molecule has 8 nitrogen and oxygen atoms in total. The lowest BCUT2D eigenvalue weighted by Gasteiger charge is -2.32. The number of carbonyl (C=O) groups is 2. The first-order chi connectivity index (χ1) is 16.2. The monoisotopic (exact) mass is 447 g/mol. The number of nitrogens with zero attached hydrogens (tertiary/aromatic N) is 4. The molecule has 1 aliphatic rings. The number of rotatable bonds is 9. The number of nitrogens with one attached hydrogen (secondary N) is 1. The molecule has 1 aromatic heterocycles. The number of hydrogen-bond donors (Lipinski definition) is 1. The van der Waals surface area contributed by atoms with Gasteiger partial charge in [0.05, 0.1) is 25.5 Å². The molecule has 4 rings (SSSR count). The van der Waals surface area contributed by atoms with Crippen LogP contribution in [0.3, 0.4) is 0 Å². The minimum absolute atomic E-state index is 0.000252. The fraction of sp³-hybridized carbons (Fsp3) is 0.360. The molecule has 1 unspecified atom stereocenters. The maximum absolute atomic E-state index is 12.7. The summed E-state index contributed by atoms with van der Waals surface area (Å²) in [6, 6.07) is 17.5. The molecule has 1 fully saturated rings. The van der Waals surface area contributed by atoms with E-state index in [1.807, 2.05) is 54.6 Å². The van der Waals surface area contributed by atoms with Gasteiger partial charge in [0.25, 0.3) is 0 Å². The highest BCUT2D eigenvalue weighted by Crippen LogP contribution is 2.18. The molecular formula is C25H29N5O3. The van der Waals surface area contributed by atoms with E-state index < -0.39 is 0 Å². The third kappa shape index (κ3) is 6.65. The molecule has 3 aromatic rings. The lowest BCUT2D eigenvalue weighted by molar-refractivity contribution is -0.136. The van der Waals surface area contributed by atoms with Crippen LogP contribution in [-0.4, -0.2) is 51.2 Å². The predicted molar refractivity (Wildman–Crippen MR) is 123 cm³/mol. The number of likely N-dealkylation sites (tertiary alicyclic amines) is 1. The van der Waals surface area contributed by atoms with E-state index in [-0.39, 0.29) is 17.7 Å². The van der Waals surface area contributed by atoms with Gasteiger partial charge in [-0.3, -0.25) is 9.59 Å². The highest BCUT2D eigenvalue weighted by atomic mass is 16.5. The molecule has 33 heavy (non-hydrogen) atoms. The Kier molecular flexibility index (Phi) is 7.68. The van der Waals surface area contributed by atoms with E-state index in [2.05, 4.69) is 15.4 Å². The van der Waals surface area contributed by atoms with Gasteiger partial charge in [0.1, 0.15) is 18.4 Å². The Labute approximate surface area is 193 Å².